The zero-order chi connectivity index (χ0) is 15.9. The number of anilines is 1. The fourth-order valence-corrected chi connectivity index (χ4v) is 2.64. The second kappa shape index (κ2) is 7.82. The molecule has 0 aliphatic carbocycles. The number of nitrogens with zero attached hydrogens (tertiary/aromatic N) is 1. The van der Waals surface area contributed by atoms with E-state index in [9.17, 15) is 9.59 Å². The van der Waals surface area contributed by atoms with Crippen LogP contribution in [0.1, 0.15) is 32.3 Å². The number of hydrogen-bond acceptors (Lipinski definition) is 3. The van der Waals surface area contributed by atoms with Crippen LogP contribution < -0.4 is 5.32 Å². The quantitative estimate of drug-likeness (QED) is 0.870. The van der Waals surface area contributed by atoms with E-state index in [1.54, 1.807) is 11.8 Å². The van der Waals surface area contributed by atoms with Crippen LogP contribution >= 0.6 is 0 Å². The molecule has 1 aliphatic heterocycles. The Morgan fingerprint density at radius 2 is 2.00 bits per heavy atom. The molecule has 1 N–H and O–H groups in total. The van der Waals surface area contributed by atoms with Gasteiger partial charge in [-0.05, 0) is 43.9 Å². The van der Waals surface area contributed by atoms with Crippen LogP contribution in [0.2, 0.25) is 0 Å². The molecule has 1 aromatic rings. The van der Waals surface area contributed by atoms with Gasteiger partial charge in [0, 0.05) is 18.8 Å². The van der Waals surface area contributed by atoms with E-state index in [0.29, 0.717) is 19.7 Å². The predicted molar refractivity (Wildman–Crippen MR) is 85.8 cm³/mol. The number of esters is 1. The van der Waals surface area contributed by atoms with Crippen molar-refractivity contribution in [1.29, 1.82) is 0 Å². The molecule has 1 heterocycles. The number of rotatable bonds is 4. The molecule has 0 saturated carbocycles. The number of amides is 2. The molecule has 2 amide bonds. The largest absolute Gasteiger partial charge is 0.466 e. The van der Waals surface area contributed by atoms with Crippen molar-refractivity contribution >= 4 is 17.7 Å². The van der Waals surface area contributed by atoms with Crippen molar-refractivity contribution in [3.8, 4) is 0 Å². The Morgan fingerprint density at radius 3 is 2.64 bits per heavy atom. The Labute approximate surface area is 131 Å². The first-order chi connectivity index (χ1) is 10.6. The van der Waals surface area contributed by atoms with Crippen molar-refractivity contribution in [1.82, 2.24) is 4.90 Å². The third-order valence-electron chi connectivity index (χ3n) is 3.94. The lowest BCUT2D eigenvalue weighted by atomic mass is 9.98. The Kier molecular flexibility index (Phi) is 5.81. The summed E-state index contributed by atoms with van der Waals surface area (Å²) in [6.45, 7) is 5.37. The van der Waals surface area contributed by atoms with Gasteiger partial charge >= 0.3 is 12.0 Å². The highest BCUT2D eigenvalue weighted by Crippen LogP contribution is 2.19. The van der Waals surface area contributed by atoms with Crippen LogP contribution in [0.3, 0.4) is 0 Å². The molecule has 1 fully saturated rings. The summed E-state index contributed by atoms with van der Waals surface area (Å²) in [5.74, 6) is -0.408. The molecular formula is C17H24N2O3. The van der Waals surface area contributed by atoms with Gasteiger partial charge in [0.05, 0.1) is 12.5 Å². The lowest BCUT2D eigenvalue weighted by Crippen LogP contribution is -2.44. The summed E-state index contributed by atoms with van der Waals surface area (Å²) in [4.78, 5) is 25.8. The standard InChI is InChI=1S/C17H24N2O3/c1-3-13-7-9-15(10-8-13)18-17(21)19-11-5-6-14(12-19)16(20)22-4-2/h7-10,14H,3-6,11-12H2,1-2H3,(H,18,21). The van der Waals surface area contributed by atoms with Gasteiger partial charge in [-0.3, -0.25) is 4.79 Å². The minimum Gasteiger partial charge on any atom is -0.466 e. The Morgan fingerprint density at radius 1 is 1.27 bits per heavy atom. The average molecular weight is 304 g/mol. The number of hydrogen-bond donors (Lipinski definition) is 1. The normalized spacial score (nSPS) is 17.9. The van der Waals surface area contributed by atoms with Gasteiger partial charge in [0.25, 0.3) is 0 Å². The number of benzene rings is 1. The summed E-state index contributed by atoms with van der Waals surface area (Å²) >= 11 is 0. The first kappa shape index (κ1) is 16.3. The first-order valence-corrected chi connectivity index (χ1v) is 7.95. The molecular weight excluding hydrogens is 280 g/mol. The fraction of sp³-hybridized carbons (Fsp3) is 0.529. The Hall–Kier alpha value is -2.04. The minimum atomic E-state index is -0.207. The van der Waals surface area contributed by atoms with Gasteiger partial charge in [0.2, 0.25) is 0 Å². The van der Waals surface area contributed by atoms with Crippen molar-refractivity contribution < 1.29 is 14.3 Å². The van der Waals surface area contributed by atoms with Crippen molar-refractivity contribution in [2.24, 2.45) is 5.92 Å². The number of carbonyl (C=O) groups is 2. The van der Waals surface area contributed by atoms with Crippen LogP contribution in [0.25, 0.3) is 0 Å². The van der Waals surface area contributed by atoms with E-state index < -0.39 is 0 Å². The molecule has 120 valence electrons. The van der Waals surface area contributed by atoms with Gasteiger partial charge < -0.3 is 15.0 Å². The molecule has 5 nitrogen and oxygen atoms in total. The topological polar surface area (TPSA) is 58.6 Å². The third kappa shape index (κ3) is 4.23. The summed E-state index contributed by atoms with van der Waals surface area (Å²) < 4.78 is 5.06. The Bertz CT molecular complexity index is 513. The maximum atomic E-state index is 12.3. The summed E-state index contributed by atoms with van der Waals surface area (Å²) in [6, 6.07) is 7.67. The molecule has 1 unspecified atom stereocenters. The van der Waals surface area contributed by atoms with Gasteiger partial charge in [-0.15, -0.1) is 0 Å². The first-order valence-electron chi connectivity index (χ1n) is 7.95. The number of piperidine rings is 1. The monoisotopic (exact) mass is 304 g/mol. The molecule has 0 bridgehead atoms. The summed E-state index contributed by atoms with van der Waals surface area (Å²) in [5.41, 5.74) is 2.01. The van der Waals surface area contributed by atoms with E-state index in [1.165, 1.54) is 5.56 Å². The molecule has 2 rings (SSSR count). The SMILES string of the molecule is CCOC(=O)C1CCCN(C(=O)Nc2ccc(CC)cc2)C1. The van der Waals surface area contributed by atoms with Crippen LogP contribution in [0.4, 0.5) is 10.5 Å². The highest BCUT2D eigenvalue weighted by Gasteiger charge is 2.29. The van der Waals surface area contributed by atoms with Crippen LogP contribution in [-0.4, -0.2) is 36.6 Å². The lowest BCUT2D eigenvalue weighted by Gasteiger charge is -2.31. The minimum absolute atomic E-state index is 0.154. The number of ether oxygens (including phenoxy) is 1. The zero-order valence-corrected chi connectivity index (χ0v) is 13.3. The molecule has 0 aromatic heterocycles. The number of carbonyl (C=O) groups excluding carboxylic acids is 2. The Balaban J connectivity index is 1.92. The molecule has 1 atom stereocenters. The van der Waals surface area contributed by atoms with Crippen LogP contribution in [0.5, 0.6) is 0 Å². The molecule has 0 radical (unpaired) electrons. The molecule has 1 saturated heterocycles. The highest BCUT2D eigenvalue weighted by molar-refractivity contribution is 5.89. The fourth-order valence-electron chi connectivity index (χ4n) is 2.64. The summed E-state index contributed by atoms with van der Waals surface area (Å²) in [6.07, 6.45) is 2.58. The van der Waals surface area contributed by atoms with E-state index >= 15 is 0 Å². The number of aryl methyl sites for hydroxylation is 1. The van der Waals surface area contributed by atoms with E-state index in [2.05, 4.69) is 12.2 Å². The number of nitrogens with one attached hydrogen (secondary N) is 1. The summed E-state index contributed by atoms with van der Waals surface area (Å²) in [5, 5.41) is 2.89. The highest BCUT2D eigenvalue weighted by atomic mass is 16.5. The van der Waals surface area contributed by atoms with Crippen LogP contribution in [-0.2, 0) is 16.0 Å². The maximum Gasteiger partial charge on any atom is 0.321 e. The number of urea groups is 1. The van der Waals surface area contributed by atoms with E-state index in [1.807, 2.05) is 24.3 Å². The van der Waals surface area contributed by atoms with E-state index in [-0.39, 0.29) is 17.9 Å². The predicted octanol–water partition coefficient (Wildman–Crippen LogP) is 3.06. The van der Waals surface area contributed by atoms with E-state index in [4.69, 9.17) is 4.74 Å². The van der Waals surface area contributed by atoms with Gasteiger partial charge in [0.1, 0.15) is 0 Å². The second-order valence-electron chi connectivity index (χ2n) is 5.52. The average Bonchev–Trinajstić information content (AvgIpc) is 2.56. The van der Waals surface area contributed by atoms with Crippen LogP contribution in [0.15, 0.2) is 24.3 Å². The third-order valence-corrected chi connectivity index (χ3v) is 3.94. The lowest BCUT2D eigenvalue weighted by molar-refractivity contribution is -0.149. The molecule has 1 aromatic carbocycles. The smallest absolute Gasteiger partial charge is 0.321 e. The number of likely N-dealkylation sites (tertiary alicyclic amines) is 1. The van der Waals surface area contributed by atoms with Gasteiger partial charge in [-0.1, -0.05) is 19.1 Å². The summed E-state index contributed by atoms with van der Waals surface area (Å²) in [7, 11) is 0. The van der Waals surface area contributed by atoms with Crippen molar-refractivity contribution in [3.05, 3.63) is 29.8 Å². The van der Waals surface area contributed by atoms with Crippen molar-refractivity contribution in [3.63, 3.8) is 0 Å². The maximum absolute atomic E-state index is 12.3. The van der Waals surface area contributed by atoms with Crippen molar-refractivity contribution in [2.75, 3.05) is 25.0 Å². The van der Waals surface area contributed by atoms with Gasteiger partial charge in [0.15, 0.2) is 0 Å². The van der Waals surface area contributed by atoms with Gasteiger partial charge in [-0.2, -0.15) is 0 Å². The molecule has 1 aliphatic rings. The van der Waals surface area contributed by atoms with E-state index in [0.717, 1.165) is 24.9 Å². The van der Waals surface area contributed by atoms with Crippen molar-refractivity contribution in [2.45, 2.75) is 33.1 Å². The molecule has 5 heteroatoms. The van der Waals surface area contributed by atoms with Gasteiger partial charge in [-0.25, -0.2) is 4.79 Å². The zero-order valence-electron chi connectivity index (χ0n) is 13.3. The van der Waals surface area contributed by atoms with Crippen LogP contribution in [0, 0.1) is 5.92 Å². The molecule has 0 spiro atoms. The molecule has 22 heavy (non-hydrogen) atoms. The second-order valence-corrected chi connectivity index (χ2v) is 5.52.